The van der Waals surface area contributed by atoms with Crippen molar-refractivity contribution in [1.82, 2.24) is 5.32 Å². The summed E-state index contributed by atoms with van der Waals surface area (Å²) in [6.45, 7) is 6.91. The van der Waals surface area contributed by atoms with Crippen LogP contribution in [0.5, 0.6) is 0 Å². The third-order valence-corrected chi connectivity index (χ3v) is 2.73. The van der Waals surface area contributed by atoms with Crippen molar-refractivity contribution in [3.63, 3.8) is 0 Å². The lowest BCUT2D eigenvalue weighted by Crippen LogP contribution is -2.37. The number of rotatable bonds is 8. The van der Waals surface area contributed by atoms with Gasteiger partial charge in [-0.1, -0.05) is 27.2 Å². The number of aliphatic hydroxyl groups is 2. The van der Waals surface area contributed by atoms with Crippen molar-refractivity contribution in [2.24, 2.45) is 5.92 Å². The van der Waals surface area contributed by atoms with Gasteiger partial charge in [-0.2, -0.15) is 0 Å². The summed E-state index contributed by atoms with van der Waals surface area (Å²) in [4.78, 5) is 0. The molecular formula is C11H25NO2. The SMILES string of the molecule is CCC(C)CC(CC)NCC(O)CO. The predicted octanol–water partition coefficient (Wildman–Crippen LogP) is 1.14. The molecule has 0 aromatic heterocycles. The highest BCUT2D eigenvalue weighted by Crippen LogP contribution is 2.11. The van der Waals surface area contributed by atoms with Crippen molar-refractivity contribution in [3.05, 3.63) is 0 Å². The zero-order chi connectivity index (χ0) is 11.0. The van der Waals surface area contributed by atoms with E-state index in [1.807, 2.05) is 0 Å². The van der Waals surface area contributed by atoms with E-state index < -0.39 is 6.10 Å². The Morgan fingerprint density at radius 3 is 2.29 bits per heavy atom. The van der Waals surface area contributed by atoms with Gasteiger partial charge in [-0.3, -0.25) is 0 Å². The van der Waals surface area contributed by atoms with E-state index in [-0.39, 0.29) is 6.61 Å². The maximum absolute atomic E-state index is 9.18. The molecule has 0 aromatic carbocycles. The average Bonchev–Trinajstić information content (AvgIpc) is 2.22. The van der Waals surface area contributed by atoms with Crippen molar-refractivity contribution in [1.29, 1.82) is 0 Å². The van der Waals surface area contributed by atoms with Crippen LogP contribution in [-0.2, 0) is 0 Å². The van der Waals surface area contributed by atoms with Crippen LogP contribution in [0.3, 0.4) is 0 Å². The summed E-state index contributed by atoms with van der Waals surface area (Å²) >= 11 is 0. The van der Waals surface area contributed by atoms with Gasteiger partial charge in [-0.15, -0.1) is 0 Å². The molecule has 0 aliphatic heterocycles. The molecule has 3 N–H and O–H groups in total. The molecule has 0 heterocycles. The quantitative estimate of drug-likeness (QED) is 0.554. The highest BCUT2D eigenvalue weighted by atomic mass is 16.3. The van der Waals surface area contributed by atoms with Gasteiger partial charge in [0.2, 0.25) is 0 Å². The monoisotopic (exact) mass is 203 g/mol. The summed E-state index contributed by atoms with van der Waals surface area (Å²) in [6, 6.07) is 0.464. The summed E-state index contributed by atoms with van der Waals surface area (Å²) in [6.07, 6.45) is 2.79. The Labute approximate surface area is 87.5 Å². The summed E-state index contributed by atoms with van der Waals surface area (Å²) in [5.74, 6) is 0.721. The Kier molecular flexibility index (Phi) is 8.14. The molecule has 0 radical (unpaired) electrons. The third kappa shape index (κ3) is 6.35. The standard InChI is InChI=1S/C11H25NO2/c1-4-9(3)6-10(5-2)12-7-11(14)8-13/h9-14H,4-8H2,1-3H3. The van der Waals surface area contributed by atoms with E-state index in [1.54, 1.807) is 0 Å². The second-order valence-corrected chi connectivity index (χ2v) is 4.10. The first-order valence-electron chi connectivity index (χ1n) is 5.66. The van der Waals surface area contributed by atoms with Crippen LogP contribution in [0.2, 0.25) is 0 Å². The first-order valence-corrected chi connectivity index (χ1v) is 5.66. The fourth-order valence-corrected chi connectivity index (χ4v) is 1.41. The molecule has 0 saturated heterocycles. The van der Waals surface area contributed by atoms with Crippen molar-refractivity contribution in [3.8, 4) is 0 Å². The molecule has 0 aliphatic rings. The lowest BCUT2D eigenvalue weighted by atomic mass is 9.98. The van der Waals surface area contributed by atoms with E-state index in [2.05, 4.69) is 26.1 Å². The highest BCUT2D eigenvalue weighted by Gasteiger charge is 2.11. The molecule has 0 fully saturated rings. The van der Waals surface area contributed by atoms with Crippen molar-refractivity contribution < 1.29 is 10.2 Å². The summed E-state index contributed by atoms with van der Waals surface area (Å²) in [5, 5.41) is 21.1. The van der Waals surface area contributed by atoms with Crippen molar-refractivity contribution in [2.75, 3.05) is 13.2 Å². The van der Waals surface area contributed by atoms with Gasteiger partial charge in [0.1, 0.15) is 0 Å². The van der Waals surface area contributed by atoms with E-state index in [4.69, 9.17) is 5.11 Å². The molecule has 3 heteroatoms. The maximum Gasteiger partial charge on any atom is 0.0895 e. The Balaban J connectivity index is 3.68. The molecule has 0 aliphatic carbocycles. The van der Waals surface area contributed by atoms with E-state index in [1.165, 1.54) is 6.42 Å². The van der Waals surface area contributed by atoms with Gasteiger partial charge in [0.15, 0.2) is 0 Å². The van der Waals surface area contributed by atoms with Crippen LogP contribution in [0, 0.1) is 5.92 Å². The molecular weight excluding hydrogens is 178 g/mol. The van der Waals surface area contributed by atoms with Crippen LogP contribution < -0.4 is 5.32 Å². The first-order chi connectivity index (χ1) is 6.63. The molecule has 0 saturated carbocycles. The Bertz CT molecular complexity index is 130. The molecule has 0 rings (SSSR count). The van der Waals surface area contributed by atoms with Crippen LogP contribution in [0.15, 0.2) is 0 Å². The minimum atomic E-state index is -0.624. The minimum absolute atomic E-state index is 0.160. The molecule has 14 heavy (non-hydrogen) atoms. The normalized spacial score (nSPS) is 17.8. The summed E-state index contributed by atoms with van der Waals surface area (Å²) in [7, 11) is 0. The zero-order valence-corrected chi connectivity index (χ0v) is 9.66. The van der Waals surface area contributed by atoms with Gasteiger partial charge in [0.05, 0.1) is 12.7 Å². The molecule has 3 unspecified atom stereocenters. The lowest BCUT2D eigenvalue weighted by molar-refractivity contribution is 0.0908. The van der Waals surface area contributed by atoms with E-state index in [0.717, 1.165) is 18.8 Å². The van der Waals surface area contributed by atoms with E-state index in [9.17, 15) is 5.11 Å². The van der Waals surface area contributed by atoms with E-state index >= 15 is 0 Å². The van der Waals surface area contributed by atoms with Crippen LogP contribution in [0.4, 0.5) is 0 Å². The van der Waals surface area contributed by atoms with Gasteiger partial charge in [0.25, 0.3) is 0 Å². The predicted molar refractivity (Wildman–Crippen MR) is 59.2 cm³/mol. The molecule has 0 spiro atoms. The number of hydrogen-bond donors (Lipinski definition) is 3. The number of hydrogen-bond acceptors (Lipinski definition) is 3. The van der Waals surface area contributed by atoms with Gasteiger partial charge in [0, 0.05) is 12.6 Å². The molecule has 3 nitrogen and oxygen atoms in total. The van der Waals surface area contributed by atoms with Gasteiger partial charge < -0.3 is 15.5 Å². The molecule has 86 valence electrons. The Hall–Kier alpha value is -0.120. The average molecular weight is 203 g/mol. The third-order valence-electron chi connectivity index (χ3n) is 2.73. The largest absolute Gasteiger partial charge is 0.394 e. The highest BCUT2D eigenvalue weighted by molar-refractivity contribution is 4.70. The van der Waals surface area contributed by atoms with Crippen LogP contribution in [-0.4, -0.2) is 35.5 Å². The summed E-state index contributed by atoms with van der Waals surface area (Å²) in [5.41, 5.74) is 0. The van der Waals surface area contributed by atoms with E-state index in [0.29, 0.717) is 12.6 Å². The minimum Gasteiger partial charge on any atom is -0.394 e. The first kappa shape index (κ1) is 13.9. The fraction of sp³-hybridized carbons (Fsp3) is 1.00. The molecule has 3 atom stereocenters. The zero-order valence-electron chi connectivity index (χ0n) is 9.66. The van der Waals surface area contributed by atoms with Gasteiger partial charge >= 0.3 is 0 Å². The van der Waals surface area contributed by atoms with Gasteiger partial charge in [-0.05, 0) is 18.8 Å². The maximum atomic E-state index is 9.18. The second-order valence-electron chi connectivity index (χ2n) is 4.10. The topological polar surface area (TPSA) is 52.5 Å². The lowest BCUT2D eigenvalue weighted by Gasteiger charge is -2.21. The Morgan fingerprint density at radius 1 is 1.21 bits per heavy atom. The number of aliphatic hydroxyl groups excluding tert-OH is 2. The smallest absolute Gasteiger partial charge is 0.0895 e. The van der Waals surface area contributed by atoms with Crippen LogP contribution in [0.25, 0.3) is 0 Å². The fourth-order valence-electron chi connectivity index (χ4n) is 1.41. The van der Waals surface area contributed by atoms with Crippen LogP contribution >= 0.6 is 0 Å². The van der Waals surface area contributed by atoms with Crippen molar-refractivity contribution in [2.45, 2.75) is 52.2 Å². The number of nitrogens with one attached hydrogen (secondary N) is 1. The van der Waals surface area contributed by atoms with Crippen LogP contribution in [0.1, 0.15) is 40.0 Å². The molecule has 0 aromatic rings. The summed E-state index contributed by atoms with van der Waals surface area (Å²) < 4.78 is 0. The van der Waals surface area contributed by atoms with Crippen molar-refractivity contribution >= 4 is 0 Å². The Morgan fingerprint density at radius 2 is 1.86 bits per heavy atom. The second kappa shape index (κ2) is 8.21. The molecule has 0 bridgehead atoms. The van der Waals surface area contributed by atoms with Gasteiger partial charge in [-0.25, -0.2) is 0 Å². The molecule has 0 amide bonds.